The van der Waals surface area contributed by atoms with Gasteiger partial charge in [0.1, 0.15) is 5.65 Å². The molecule has 0 aliphatic heterocycles. The van der Waals surface area contributed by atoms with Crippen LogP contribution in [-0.2, 0) is 6.42 Å². The van der Waals surface area contributed by atoms with E-state index >= 15 is 0 Å². The first kappa shape index (κ1) is 23.4. The van der Waals surface area contributed by atoms with E-state index in [0.29, 0.717) is 45.8 Å². The minimum atomic E-state index is 0.0429. The fourth-order valence-electron chi connectivity index (χ4n) is 3.18. The molecule has 4 aromatic rings. The number of H-pyrrole nitrogens is 1. The Morgan fingerprint density at radius 3 is 1.91 bits per heavy atom. The van der Waals surface area contributed by atoms with E-state index in [-0.39, 0.29) is 11.9 Å². The van der Waals surface area contributed by atoms with Crippen LogP contribution in [0.2, 0.25) is 0 Å². The van der Waals surface area contributed by atoms with Crippen LogP contribution in [0.3, 0.4) is 0 Å². The molecule has 34 heavy (non-hydrogen) atoms. The average Bonchev–Trinajstić information content (AvgIpc) is 3.19. The first-order valence-corrected chi connectivity index (χ1v) is 10.9. The number of halogens is 1. The van der Waals surface area contributed by atoms with Crippen LogP contribution in [0, 0.1) is 0 Å². The maximum Gasteiger partial charge on any atom is 0.327 e. The van der Waals surface area contributed by atoms with E-state index in [1.54, 1.807) is 12.1 Å². The Morgan fingerprint density at radius 1 is 0.794 bits per heavy atom. The molecule has 12 heteroatoms. The number of aryl methyl sites for hydroxylation is 1. The highest BCUT2D eigenvalue weighted by molar-refractivity contribution is 9.10. The number of methoxy groups -OCH3 is 4. The fraction of sp³-hybridized carbons (Fsp3) is 0.273. The van der Waals surface area contributed by atoms with Crippen molar-refractivity contribution in [3.05, 3.63) is 34.7 Å². The van der Waals surface area contributed by atoms with Gasteiger partial charge in [0.2, 0.25) is 5.88 Å². The molecule has 0 saturated heterocycles. The Hall–Kier alpha value is -3.80. The molecule has 0 atom stereocenters. The zero-order chi connectivity index (χ0) is 24.2. The van der Waals surface area contributed by atoms with Crippen molar-refractivity contribution in [1.82, 2.24) is 24.9 Å². The highest BCUT2D eigenvalue weighted by Crippen LogP contribution is 2.39. The molecule has 178 valence electrons. The number of aromatic amines is 1. The number of ether oxygens (including phenoxy) is 6. The fourth-order valence-corrected chi connectivity index (χ4v) is 3.91. The molecule has 0 radical (unpaired) electrons. The van der Waals surface area contributed by atoms with Crippen LogP contribution in [0.15, 0.2) is 29.0 Å². The smallest absolute Gasteiger partial charge is 0.327 e. The van der Waals surface area contributed by atoms with E-state index in [1.165, 1.54) is 40.8 Å². The van der Waals surface area contributed by atoms with Gasteiger partial charge < -0.3 is 33.4 Å². The minimum absolute atomic E-state index is 0.0429. The van der Waals surface area contributed by atoms with E-state index in [4.69, 9.17) is 28.4 Å². The first-order valence-electron chi connectivity index (χ1n) is 10.1. The number of aromatic nitrogens is 5. The zero-order valence-electron chi connectivity index (χ0n) is 19.1. The van der Waals surface area contributed by atoms with Gasteiger partial charge in [-0.2, -0.15) is 9.97 Å². The van der Waals surface area contributed by atoms with Crippen molar-refractivity contribution < 1.29 is 28.4 Å². The van der Waals surface area contributed by atoms with Crippen LogP contribution < -0.4 is 28.4 Å². The molecule has 0 fully saturated rings. The number of hydrogen-bond donors (Lipinski definition) is 1. The minimum Gasteiger partial charge on any atom is -0.491 e. The lowest BCUT2D eigenvalue weighted by Crippen LogP contribution is -1.99. The molecule has 1 N–H and O–H groups in total. The second-order valence-corrected chi connectivity index (χ2v) is 7.57. The van der Waals surface area contributed by atoms with Gasteiger partial charge in [-0.05, 0) is 22.4 Å². The lowest BCUT2D eigenvalue weighted by Gasteiger charge is -2.12. The average molecular weight is 532 g/mol. The molecule has 4 heterocycles. The summed E-state index contributed by atoms with van der Waals surface area (Å²) in [7, 11) is 6.04. The van der Waals surface area contributed by atoms with Crippen LogP contribution in [-0.4, -0.2) is 53.4 Å². The zero-order valence-corrected chi connectivity index (χ0v) is 20.7. The molecule has 11 nitrogen and oxygen atoms in total. The van der Waals surface area contributed by atoms with E-state index in [1.807, 2.05) is 6.92 Å². The second-order valence-electron chi connectivity index (χ2n) is 6.78. The normalized spacial score (nSPS) is 10.8. The molecule has 4 rings (SSSR count). The lowest BCUT2D eigenvalue weighted by atomic mass is 10.3. The summed E-state index contributed by atoms with van der Waals surface area (Å²) < 4.78 is 33.7. The second kappa shape index (κ2) is 10.00. The van der Waals surface area contributed by atoms with Crippen molar-refractivity contribution in [2.75, 3.05) is 28.4 Å². The summed E-state index contributed by atoms with van der Waals surface area (Å²) >= 11 is 3.62. The summed E-state index contributed by atoms with van der Waals surface area (Å²) in [6.45, 7) is 2.02. The number of nitrogens with zero attached hydrogens (tertiary/aromatic N) is 4. The van der Waals surface area contributed by atoms with Crippen LogP contribution in [0.4, 0.5) is 0 Å². The quantitative estimate of drug-likeness (QED) is 0.325. The predicted octanol–water partition coefficient (Wildman–Crippen LogP) is 4.69. The SMILES string of the molecule is CCc1[nH]c2nc(Oc3cnc(OC)c(OC)c3)nc(Oc3cnc(OC)c(OC)c3)c2c1Br. The maximum absolute atomic E-state index is 6.09. The van der Waals surface area contributed by atoms with Gasteiger partial charge >= 0.3 is 6.01 Å². The maximum atomic E-state index is 6.09. The van der Waals surface area contributed by atoms with Gasteiger partial charge in [-0.15, -0.1) is 0 Å². The van der Waals surface area contributed by atoms with Crippen LogP contribution in [0.1, 0.15) is 12.6 Å². The number of rotatable bonds is 9. The summed E-state index contributed by atoms with van der Waals surface area (Å²) in [5, 5.41) is 0.657. The molecular weight excluding hydrogens is 510 g/mol. The molecule has 0 aliphatic carbocycles. The Kier molecular flexibility index (Phi) is 6.87. The third-order valence-electron chi connectivity index (χ3n) is 4.80. The Morgan fingerprint density at radius 2 is 1.38 bits per heavy atom. The molecular formula is C22H22BrN5O6. The van der Waals surface area contributed by atoms with E-state index < -0.39 is 0 Å². The molecule has 0 spiro atoms. The van der Waals surface area contributed by atoms with Crippen molar-refractivity contribution >= 4 is 27.0 Å². The predicted molar refractivity (Wildman–Crippen MR) is 126 cm³/mol. The topological polar surface area (TPSA) is 123 Å². The van der Waals surface area contributed by atoms with Crippen LogP contribution in [0.5, 0.6) is 46.6 Å². The van der Waals surface area contributed by atoms with Crippen molar-refractivity contribution in [2.24, 2.45) is 0 Å². The van der Waals surface area contributed by atoms with Gasteiger partial charge in [0, 0.05) is 17.8 Å². The van der Waals surface area contributed by atoms with Crippen molar-refractivity contribution in [3.63, 3.8) is 0 Å². The summed E-state index contributed by atoms with van der Waals surface area (Å²) in [6, 6.07) is 3.32. The molecule has 4 aromatic heterocycles. The van der Waals surface area contributed by atoms with Gasteiger partial charge in [-0.25, -0.2) is 9.97 Å². The molecule has 0 amide bonds. The van der Waals surface area contributed by atoms with Gasteiger partial charge in [-0.3, -0.25) is 0 Å². The summed E-state index contributed by atoms with van der Waals surface area (Å²) in [4.78, 5) is 20.7. The Labute approximate surface area is 203 Å². The van der Waals surface area contributed by atoms with E-state index in [9.17, 15) is 0 Å². The van der Waals surface area contributed by atoms with Crippen LogP contribution in [0.25, 0.3) is 11.0 Å². The number of nitrogens with one attached hydrogen (secondary N) is 1. The molecule has 0 unspecified atom stereocenters. The molecule has 0 aliphatic rings. The van der Waals surface area contributed by atoms with E-state index in [0.717, 1.165) is 16.6 Å². The summed E-state index contributed by atoms with van der Waals surface area (Å²) in [5.74, 6) is 2.50. The highest BCUT2D eigenvalue weighted by atomic mass is 79.9. The third-order valence-corrected chi connectivity index (χ3v) is 5.67. The number of pyridine rings is 2. The molecule has 0 aromatic carbocycles. The molecule has 0 saturated carbocycles. The van der Waals surface area contributed by atoms with Crippen molar-refractivity contribution in [1.29, 1.82) is 0 Å². The van der Waals surface area contributed by atoms with E-state index in [2.05, 4.69) is 40.8 Å². The van der Waals surface area contributed by atoms with Gasteiger partial charge in [0.15, 0.2) is 23.0 Å². The first-order chi connectivity index (χ1) is 16.5. The monoisotopic (exact) mass is 531 g/mol. The van der Waals surface area contributed by atoms with Crippen molar-refractivity contribution in [2.45, 2.75) is 13.3 Å². The summed E-state index contributed by atoms with van der Waals surface area (Å²) in [6.07, 6.45) is 3.73. The standard InChI is InChI=1S/C22H22BrN5O6/c1-6-13-17(23)16-18(26-13)27-22(34-12-8-15(30-3)20(32-5)25-10-12)28-21(16)33-11-7-14(29-2)19(31-4)24-9-11/h7-10H,6H2,1-5H3,(H,26,27,28). The van der Waals surface area contributed by atoms with Crippen LogP contribution >= 0.6 is 15.9 Å². The number of hydrogen-bond acceptors (Lipinski definition) is 10. The van der Waals surface area contributed by atoms with Gasteiger partial charge in [-0.1, -0.05) is 6.92 Å². The van der Waals surface area contributed by atoms with Gasteiger partial charge in [0.25, 0.3) is 11.8 Å². The Bertz CT molecular complexity index is 1330. The third kappa shape index (κ3) is 4.49. The summed E-state index contributed by atoms with van der Waals surface area (Å²) in [5.41, 5.74) is 1.47. The largest absolute Gasteiger partial charge is 0.491 e. The molecule has 0 bridgehead atoms. The number of fused-ring (bicyclic) bond motifs is 1. The Balaban J connectivity index is 1.77. The van der Waals surface area contributed by atoms with Gasteiger partial charge in [0.05, 0.1) is 50.7 Å². The lowest BCUT2D eigenvalue weighted by molar-refractivity contribution is 0.337. The van der Waals surface area contributed by atoms with Crippen molar-refractivity contribution in [3.8, 4) is 46.6 Å². The highest BCUT2D eigenvalue weighted by Gasteiger charge is 2.20.